The maximum Gasteiger partial charge on any atom is 0.219 e. The molecule has 120 valence electrons. The van der Waals surface area contributed by atoms with Gasteiger partial charge in [0.15, 0.2) is 5.78 Å². The lowest BCUT2D eigenvalue weighted by Crippen LogP contribution is -2.07. The second-order valence-electron chi connectivity index (χ2n) is 5.27. The van der Waals surface area contributed by atoms with E-state index in [1.165, 1.54) is 11.8 Å². The first-order valence-corrected chi connectivity index (χ1v) is 9.37. The van der Waals surface area contributed by atoms with Gasteiger partial charge in [0.05, 0.1) is 5.25 Å². The van der Waals surface area contributed by atoms with Gasteiger partial charge >= 0.3 is 0 Å². The highest BCUT2D eigenvalue weighted by atomic mass is 32.2. The molecule has 0 spiro atoms. The zero-order valence-corrected chi connectivity index (χ0v) is 14.6. The lowest BCUT2D eigenvalue weighted by Gasteiger charge is -2.13. The summed E-state index contributed by atoms with van der Waals surface area (Å²) in [5.41, 5.74) is 1.35. The fraction of sp³-hybridized carbons (Fsp3) is 0.100. The molecule has 0 radical (unpaired) electrons. The Kier molecular flexibility index (Phi) is 5.62. The van der Waals surface area contributed by atoms with Crippen LogP contribution < -0.4 is 0 Å². The lowest BCUT2D eigenvalue weighted by atomic mass is 10.1. The minimum Gasteiger partial charge on any atom is -0.294 e. The summed E-state index contributed by atoms with van der Waals surface area (Å²) in [6.07, 6.45) is 0.313. The van der Waals surface area contributed by atoms with E-state index in [-0.39, 0.29) is 16.1 Å². The molecule has 0 aliphatic heterocycles. The fourth-order valence-corrected chi connectivity index (χ4v) is 4.33. The Morgan fingerprint density at radius 2 is 1.46 bits per heavy atom. The molecule has 0 aliphatic rings. The van der Waals surface area contributed by atoms with Crippen LogP contribution in [0.4, 0.5) is 0 Å². The van der Waals surface area contributed by atoms with Gasteiger partial charge in [0.25, 0.3) is 0 Å². The van der Waals surface area contributed by atoms with Gasteiger partial charge in [-0.15, -0.1) is 11.3 Å². The topological polar surface area (TPSA) is 34.1 Å². The molecular weight excluding hydrogens is 336 g/mol. The molecule has 0 aliphatic carbocycles. The first kappa shape index (κ1) is 16.7. The number of benzene rings is 2. The normalized spacial score (nSPS) is 11.8. The highest BCUT2D eigenvalue weighted by Crippen LogP contribution is 2.37. The van der Waals surface area contributed by atoms with Gasteiger partial charge in [0.2, 0.25) is 5.12 Å². The van der Waals surface area contributed by atoms with Crippen LogP contribution in [0, 0.1) is 0 Å². The van der Waals surface area contributed by atoms with Crippen molar-refractivity contribution in [1.29, 1.82) is 0 Å². The summed E-state index contributed by atoms with van der Waals surface area (Å²) in [5, 5.41) is 1.81. The third-order valence-corrected chi connectivity index (χ3v) is 5.88. The largest absolute Gasteiger partial charge is 0.294 e. The maximum absolute atomic E-state index is 12.5. The predicted molar refractivity (Wildman–Crippen MR) is 101 cm³/mol. The van der Waals surface area contributed by atoms with E-state index < -0.39 is 0 Å². The van der Waals surface area contributed by atoms with Gasteiger partial charge in [-0.2, -0.15) is 0 Å². The molecule has 0 fully saturated rings. The first-order valence-electron chi connectivity index (χ1n) is 7.62. The fourth-order valence-electron chi connectivity index (χ4n) is 2.36. The van der Waals surface area contributed by atoms with Crippen molar-refractivity contribution in [3.8, 4) is 0 Å². The SMILES string of the molecule is O=C(CC(SC(=O)c1ccccc1)c1cccs1)c1ccccc1. The third-order valence-electron chi connectivity index (χ3n) is 3.59. The molecule has 1 unspecified atom stereocenters. The highest BCUT2D eigenvalue weighted by molar-refractivity contribution is 8.14. The molecule has 0 bridgehead atoms. The van der Waals surface area contributed by atoms with Gasteiger partial charge in [-0.1, -0.05) is 78.5 Å². The molecule has 0 amide bonds. The van der Waals surface area contributed by atoms with Crippen LogP contribution >= 0.6 is 23.1 Å². The standard InChI is InChI=1S/C20H16O2S2/c21-17(15-8-3-1-4-9-15)14-19(18-12-7-13-23-18)24-20(22)16-10-5-2-6-11-16/h1-13,19H,14H2. The van der Waals surface area contributed by atoms with Crippen LogP contribution in [0.1, 0.15) is 37.3 Å². The monoisotopic (exact) mass is 352 g/mol. The van der Waals surface area contributed by atoms with Crippen LogP contribution in [0.2, 0.25) is 0 Å². The molecule has 4 heteroatoms. The number of hydrogen-bond acceptors (Lipinski definition) is 4. The smallest absolute Gasteiger partial charge is 0.219 e. The van der Waals surface area contributed by atoms with Gasteiger partial charge in [0.1, 0.15) is 0 Å². The van der Waals surface area contributed by atoms with Gasteiger partial charge in [-0.3, -0.25) is 9.59 Å². The minimum absolute atomic E-state index is 0.00476. The van der Waals surface area contributed by atoms with Crippen molar-refractivity contribution in [2.24, 2.45) is 0 Å². The molecule has 1 atom stereocenters. The number of Topliss-reactive ketones (excluding diaryl/α,β-unsaturated/α-hetero) is 1. The predicted octanol–water partition coefficient (Wildman–Crippen LogP) is 5.64. The van der Waals surface area contributed by atoms with Crippen LogP contribution in [0.15, 0.2) is 78.2 Å². The van der Waals surface area contributed by atoms with Crippen LogP contribution in [0.3, 0.4) is 0 Å². The second kappa shape index (κ2) is 8.08. The van der Waals surface area contributed by atoms with Crippen molar-refractivity contribution in [3.05, 3.63) is 94.2 Å². The Labute approximate surface area is 149 Å². The molecule has 2 aromatic carbocycles. The number of hydrogen-bond donors (Lipinski definition) is 0. The van der Waals surface area contributed by atoms with Gasteiger partial charge in [-0.05, 0) is 11.4 Å². The van der Waals surface area contributed by atoms with Crippen molar-refractivity contribution in [2.45, 2.75) is 11.7 Å². The van der Waals surface area contributed by atoms with Crippen molar-refractivity contribution >= 4 is 34.0 Å². The molecule has 0 saturated heterocycles. The number of thioether (sulfide) groups is 1. The molecule has 24 heavy (non-hydrogen) atoms. The van der Waals surface area contributed by atoms with Crippen LogP contribution in [-0.4, -0.2) is 10.9 Å². The van der Waals surface area contributed by atoms with E-state index in [1.807, 2.05) is 66.0 Å². The zero-order valence-electron chi connectivity index (χ0n) is 12.9. The number of rotatable bonds is 6. The Morgan fingerprint density at radius 3 is 2.04 bits per heavy atom. The molecule has 1 heterocycles. The Bertz CT molecular complexity index is 743. The van der Waals surface area contributed by atoms with Gasteiger partial charge in [0, 0.05) is 22.4 Å². The first-order chi connectivity index (χ1) is 11.7. The summed E-state index contributed by atoms with van der Waals surface area (Å²) in [6, 6.07) is 22.4. The molecule has 0 N–H and O–H groups in total. The van der Waals surface area contributed by atoms with Crippen molar-refractivity contribution in [2.75, 3.05) is 0 Å². The summed E-state index contributed by atoms with van der Waals surface area (Å²) in [7, 11) is 0. The van der Waals surface area contributed by atoms with Crippen molar-refractivity contribution in [3.63, 3.8) is 0 Å². The van der Waals surface area contributed by atoms with E-state index >= 15 is 0 Å². The lowest BCUT2D eigenvalue weighted by molar-refractivity contribution is 0.0982. The number of carbonyl (C=O) groups excluding carboxylic acids is 2. The molecule has 3 rings (SSSR count). The average molecular weight is 352 g/mol. The highest BCUT2D eigenvalue weighted by Gasteiger charge is 2.22. The number of thiophene rings is 1. The van der Waals surface area contributed by atoms with Crippen LogP contribution in [0.25, 0.3) is 0 Å². The molecule has 3 aromatic rings. The summed E-state index contributed by atoms with van der Waals surface area (Å²) in [5.74, 6) is 0.0577. The summed E-state index contributed by atoms with van der Waals surface area (Å²) >= 11 is 2.81. The van der Waals surface area contributed by atoms with Crippen LogP contribution in [0.5, 0.6) is 0 Å². The van der Waals surface area contributed by atoms with E-state index in [9.17, 15) is 9.59 Å². The summed E-state index contributed by atoms with van der Waals surface area (Å²) in [6.45, 7) is 0. The maximum atomic E-state index is 12.5. The molecule has 1 aromatic heterocycles. The van der Waals surface area contributed by atoms with E-state index in [1.54, 1.807) is 23.5 Å². The minimum atomic E-state index is -0.162. The Hall–Kier alpha value is -2.17. The summed E-state index contributed by atoms with van der Waals surface area (Å²) < 4.78 is 0. The van der Waals surface area contributed by atoms with Crippen molar-refractivity contribution in [1.82, 2.24) is 0 Å². The molecule has 0 saturated carbocycles. The van der Waals surface area contributed by atoms with Crippen LogP contribution in [-0.2, 0) is 0 Å². The van der Waals surface area contributed by atoms with E-state index in [0.29, 0.717) is 17.5 Å². The number of carbonyl (C=O) groups is 2. The Balaban J connectivity index is 1.77. The quantitative estimate of drug-likeness (QED) is 0.539. The zero-order chi connectivity index (χ0) is 16.8. The van der Waals surface area contributed by atoms with Crippen molar-refractivity contribution < 1.29 is 9.59 Å². The molecule has 2 nitrogen and oxygen atoms in total. The van der Waals surface area contributed by atoms with E-state index in [0.717, 1.165) is 4.88 Å². The average Bonchev–Trinajstić information content (AvgIpc) is 3.17. The van der Waals surface area contributed by atoms with E-state index in [2.05, 4.69) is 0 Å². The van der Waals surface area contributed by atoms with Gasteiger partial charge < -0.3 is 0 Å². The number of ketones is 1. The van der Waals surface area contributed by atoms with E-state index in [4.69, 9.17) is 0 Å². The second-order valence-corrected chi connectivity index (χ2v) is 7.42. The van der Waals surface area contributed by atoms with Gasteiger partial charge in [-0.25, -0.2) is 0 Å². The molecular formula is C20H16O2S2. The Morgan fingerprint density at radius 1 is 0.833 bits per heavy atom. The summed E-state index contributed by atoms with van der Waals surface area (Å²) in [4.78, 5) is 26.1. The third kappa shape index (κ3) is 4.22.